The van der Waals surface area contributed by atoms with Gasteiger partial charge in [0.05, 0.1) is 21.0 Å². The van der Waals surface area contributed by atoms with Crippen molar-refractivity contribution in [2.45, 2.75) is 23.6 Å². The zero-order valence-corrected chi connectivity index (χ0v) is 21.4. The Labute approximate surface area is 203 Å². The van der Waals surface area contributed by atoms with E-state index in [4.69, 9.17) is 18.6 Å². The molecule has 5 nitrogen and oxygen atoms in total. The van der Waals surface area contributed by atoms with Crippen LogP contribution >= 0.6 is 46.3 Å². The van der Waals surface area contributed by atoms with Crippen LogP contribution in [0.3, 0.4) is 0 Å². The molecule has 0 saturated heterocycles. The van der Waals surface area contributed by atoms with Crippen LogP contribution in [0.15, 0.2) is 62.8 Å². The monoisotopic (exact) mass is 559 g/mol. The Bertz CT molecular complexity index is 1210. The summed E-state index contributed by atoms with van der Waals surface area (Å²) >= 11 is 4.21. The summed E-state index contributed by atoms with van der Waals surface area (Å²) in [7, 11) is 9.78. The fraction of sp³-hybridized carbons (Fsp3) is 0.100. The fourth-order valence-electron chi connectivity index (χ4n) is 2.89. The van der Waals surface area contributed by atoms with Crippen LogP contribution in [-0.4, -0.2) is 25.2 Å². The predicted molar refractivity (Wildman–Crippen MR) is 122 cm³/mol. The molecule has 1 aromatic heterocycles. The van der Waals surface area contributed by atoms with Gasteiger partial charge >= 0.3 is 35.6 Å². The van der Waals surface area contributed by atoms with E-state index >= 15 is 0 Å². The van der Waals surface area contributed by atoms with Crippen molar-refractivity contribution in [3.8, 4) is 17.2 Å². The molecule has 0 unspecified atom stereocenters. The molecular weight excluding hydrogens is 545 g/mol. The summed E-state index contributed by atoms with van der Waals surface area (Å²) in [4.78, 5) is 1.30. The summed E-state index contributed by atoms with van der Waals surface area (Å²) < 4.78 is 2.62. The molecular formula is C20H16BrCl2N3O2STi. The Kier molecular flexibility index (Phi) is 8.13. The standard InChI is InChI=1S/C20H16BrN3O2S.2ClH.Ti/c1-11-7-13(21)9-17(19(11)25)27-18-10-14(8-12(2)20(18)26)24-16-6-4-3-5-15(16)22-23-24;;;/h3-10,25-26H,1-2H3;2*1H;/q;;;+2/p-2. The molecule has 0 atom stereocenters. The number of phenols is 2. The summed E-state index contributed by atoms with van der Waals surface area (Å²) in [5.41, 5.74) is 3.98. The van der Waals surface area contributed by atoms with E-state index in [9.17, 15) is 10.2 Å². The van der Waals surface area contributed by atoms with Crippen LogP contribution in [0.2, 0.25) is 0 Å². The number of aromatic nitrogens is 3. The number of para-hydroxylation sites is 1. The van der Waals surface area contributed by atoms with E-state index in [0.717, 1.165) is 32.3 Å². The third-order valence-corrected chi connectivity index (χ3v) is 5.82. The van der Waals surface area contributed by atoms with Gasteiger partial charge in [-0.3, -0.25) is 0 Å². The fourth-order valence-corrected chi connectivity index (χ4v) is 4.73. The molecule has 4 aromatic rings. The van der Waals surface area contributed by atoms with Crippen LogP contribution in [0.1, 0.15) is 11.1 Å². The first kappa shape index (κ1) is 23.4. The molecule has 0 amide bonds. The third-order valence-electron chi connectivity index (χ3n) is 4.30. The molecule has 0 aliphatic rings. The maximum atomic E-state index is 10.6. The number of hydrogen-bond donors (Lipinski definition) is 2. The van der Waals surface area contributed by atoms with Crippen molar-refractivity contribution in [1.29, 1.82) is 0 Å². The van der Waals surface area contributed by atoms with Gasteiger partial charge in [0, 0.05) is 4.47 Å². The number of rotatable bonds is 3. The summed E-state index contributed by atoms with van der Waals surface area (Å²) in [5, 5.41) is 29.4. The zero-order valence-electron chi connectivity index (χ0n) is 15.9. The van der Waals surface area contributed by atoms with Crippen molar-refractivity contribution in [3.63, 3.8) is 0 Å². The maximum absolute atomic E-state index is 10.6. The number of hydrogen-bond acceptors (Lipinski definition) is 5. The minimum atomic E-state index is -0.556. The first-order valence-corrected chi connectivity index (χ1v) is 14.5. The van der Waals surface area contributed by atoms with Gasteiger partial charge in [0.1, 0.15) is 17.0 Å². The van der Waals surface area contributed by atoms with E-state index < -0.39 is 17.0 Å². The van der Waals surface area contributed by atoms with Gasteiger partial charge in [-0.05, 0) is 61.4 Å². The molecule has 0 aliphatic heterocycles. The molecule has 0 radical (unpaired) electrons. The third kappa shape index (κ3) is 5.15. The molecule has 2 N–H and O–H groups in total. The molecule has 10 heteroatoms. The molecule has 0 saturated carbocycles. The number of benzene rings is 3. The van der Waals surface area contributed by atoms with Crippen molar-refractivity contribution >= 4 is 57.3 Å². The number of halogens is 3. The topological polar surface area (TPSA) is 71.2 Å². The molecule has 154 valence electrons. The predicted octanol–water partition coefficient (Wildman–Crippen LogP) is 6.74. The molecule has 0 aliphatic carbocycles. The van der Waals surface area contributed by atoms with Gasteiger partial charge in [-0.15, -0.1) is 5.10 Å². The molecule has 3 aromatic carbocycles. The Morgan fingerprint density at radius 2 is 1.57 bits per heavy atom. The summed E-state index contributed by atoms with van der Waals surface area (Å²) in [5.74, 6) is 0.391. The van der Waals surface area contributed by atoms with Crippen LogP contribution in [0, 0.1) is 13.8 Å². The van der Waals surface area contributed by atoms with Crippen LogP contribution in [0.5, 0.6) is 11.5 Å². The molecule has 1 heterocycles. The van der Waals surface area contributed by atoms with Crippen LogP contribution in [-0.2, 0) is 17.0 Å². The van der Waals surface area contributed by atoms with Gasteiger partial charge in [-0.1, -0.05) is 45.0 Å². The van der Waals surface area contributed by atoms with Crippen LogP contribution < -0.4 is 0 Å². The van der Waals surface area contributed by atoms with E-state index in [1.807, 2.05) is 62.4 Å². The van der Waals surface area contributed by atoms with Gasteiger partial charge < -0.3 is 10.2 Å². The zero-order chi connectivity index (χ0) is 21.8. The van der Waals surface area contributed by atoms with Crippen molar-refractivity contribution in [1.82, 2.24) is 15.0 Å². The number of nitrogens with zero attached hydrogens (tertiary/aromatic N) is 3. The molecule has 30 heavy (non-hydrogen) atoms. The molecule has 4 rings (SSSR count). The molecule has 0 spiro atoms. The number of aryl methyl sites for hydroxylation is 2. The minimum absolute atomic E-state index is 0.185. The van der Waals surface area contributed by atoms with E-state index in [2.05, 4.69) is 26.2 Å². The Morgan fingerprint density at radius 3 is 2.27 bits per heavy atom. The van der Waals surface area contributed by atoms with E-state index in [0.29, 0.717) is 9.79 Å². The SMILES string of the molecule is Cc1cc(Br)cc(Sc2cc(-n3nnc4ccccc43)cc(C)c2O)c1O.[Cl][Ti][Cl]. The van der Waals surface area contributed by atoms with Gasteiger partial charge in [-0.2, -0.15) is 0 Å². The van der Waals surface area contributed by atoms with Crippen molar-refractivity contribution in [2.75, 3.05) is 0 Å². The van der Waals surface area contributed by atoms with E-state index in [-0.39, 0.29) is 11.5 Å². The number of fused-ring (bicyclic) bond motifs is 1. The first-order valence-electron chi connectivity index (χ1n) is 8.63. The average molecular weight is 561 g/mol. The quantitative estimate of drug-likeness (QED) is 0.272. The molecule has 0 fully saturated rings. The van der Waals surface area contributed by atoms with Gasteiger partial charge in [0.2, 0.25) is 0 Å². The number of aromatic hydroxyl groups is 2. The second-order valence-electron chi connectivity index (χ2n) is 6.34. The van der Waals surface area contributed by atoms with Crippen molar-refractivity contribution in [3.05, 3.63) is 64.1 Å². The van der Waals surface area contributed by atoms with Crippen LogP contribution in [0.25, 0.3) is 16.7 Å². The van der Waals surface area contributed by atoms with Gasteiger partial charge in [0.15, 0.2) is 0 Å². The normalized spacial score (nSPS) is 10.6. The average Bonchev–Trinajstić information content (AvgIpc) is 3.14. The Balaban J connectivity index is 0.000000806. The summed E-state index contributed by atoms with van der Waals surface area (Å²) in [6.45, 7) is 3.68. The van der Waals surface area contributed by atoms with Crippen LogP contribution in [0.4, 0.5) is 0 Å². The second kappa shape index (κ2) is 10.4. The molecule has 0 bridgehead atoms. The van der Waals surface area contributed by atoms with E-state index in [1.165, 1.54) is 11.8 Å². The van der Waals surface area contributed by atoms with Gasteiger partial charge in [-0.25, -0.2) is 4.68 Å². The Hall–Kier alpha value is -1.22. The van der Waals surface area contributed by atoms with Gasteiger partial charge in [0.25, 0.3) is 0 Å². The number of phenolic OH excluding ortho intramolecular Hbond substituents is 2. The van der Waals surface area contributed by atoms with E-state index in [1.54, 1.807) is 4.68 Å². The summed E-state index contributed by atoms with van der Waals surface area (Å²) in [6.07, 6.45) is 0. The van der Waals surface area contributed by atoms with Crippen molar-refractivity contribution in [2.24, 2.45) is 0 Å². The summed E-state index contributed by atoms with van der Waals surface area (Å²) in [6, 6.07) is 15.1. The second-order valence-corrected chi connectivity index (χ2v) is 10.9. The van der Waals surface area contributed by atoms with Crippen molar-refractivity contribution < 1.29 is 27.2 Å². The first-order chi connectivity index (χ1) is 14.3. The Morgan fingerprint density at radius 1 is 0.967 bits per heavy atom.